The highest BCUT2D eigenvalue weighted by atomic mass is 35.5. The minimum Gasteiger partial charge on any atom is -0.503 e. The van der Waals surface area contributed by atoms with E-state index in [1.165, 1.54) is 4.52 Å². The van der Waals surface area contributed by atoms with Gasteiger partial charge in [-0.1, -0.05) is 17.7 Å². The summed E-state index contributed by atoms with van der Waals surface area (Å²) < 4.78 is 50.8. The quantitative estimate of drug-likeness (QED) is 0.292. The number of aromatic hydroxyl groups is 1. The summed E-state index contributed by atoms with van der Waals surface area (Å²) in [7, 11) is 0. The summed E-state index contributed by atoms with van der Waals surface area (Å²) in [6.45, 7) is 4.21. The Bertz CT molecular complexity index is 2110. The number of nitrogens with zero attached hydrogens (tertiary/aromatic N) is 7. The number of anilines is 2. The van der Waals surface area contributed by atoms with Crippen LogP contribution in [-0.4, -0.2) is 92.5 Å². The van der Waals surface area contributed by atoms with Crippen LogP contribution in [0.2, 0.25) is 5.02 Å². The molecular formula is C33H32ClF3N8O6. The number of aryl methyl sites for hydroxylation is 1. The number of hydrogen-bond donors (Lipinski definition) is 2. The SMILES string of the molecule is O=C(c1ncc2c(c1O)OCC2)N1CCN(c2c3n(c4nc(C5=CCOCC5)nn4c2=O)CCC3)CC1.O=CNc1ccc(C(F)(F)F)cc1Cl. The molecule has 2 amide bonds. The van der Waals surface area contributed by atoms with Crippen molar-refractivity contribution in [1.82, 2.24) is 29.0 Å². The molecule has 4 aliphatic heterocycles. The van der Waals surface area contributed by atoms with E-state index in [2.05, 4.69) is 24.9 Å². The number of ether oxygens (including phenoxy) is 2. The second kappa shape index (κ2) is 13.9. The molecule has 3 aromatic heterocycles. The van der Waals surface area contributed by atoms with E-state index in [4.69, 9.17) is 26.1 Å². The monoisotopic (exact) mass is 728 g/mol. The van der Waals surface area contributed by atoms with Crippen LogP contribution in [0.5, 0.6) is 11.5 Å². The topological polar surface area (TPSA) is 156 Å². The maximum atomic E-state index is 13.7. The van der Waals surface area contributed by atoms with E-state index in [1.54, 1.807) is 11.1 Å². The molecule has 2 N–H and O–H groups in total. The van der Waals surface area contributed by atoms with Gasteiger partial charge in [-0.3, -0.25) is 14.4 Å². The number of alkyl halides is 3. The summed E-state index contributed by atoms with van der Waals surface area (Å²) in [6, 6.07) is 2.70. The predicted octanol–water partition coefficient (Wildman–Crippen LogP) is 3.57. The van der Waals surface area contributed by atoms with Gasteiger partial charge < -0.3 is 34.3 Å². The first-order chi connectivity index (χ1) is 24.5. The number of pyridine rings is 1. The number of aromatic nitrogens is 5. The Morgan fingerprint density at radius 1 is 1.08 bits per heavy atom. The number of hydrogen-bond acceptors (Lipinski definition) is 10. The number of fused-ring (bicyclic) bond motifs is 4. The molecule has 268 valence electrons. The number of benzene rings is 1. The molecule has 1 fully saturated rings. The third-order valence-electron chi connectivity index (χ3n) is 9.17. The summed E-state index contributed by atoms with van der Waals surface area (Å²) >= 11 is 5.49. The molecule has 0 atom stereocenters. The van der Waals surface area contributed by atoms with Crippen molar-refractivity contribution in [3.05, 3.63) is 74.2 Å². The van der Waals surface area contributed by atoms with Crippen LogP contribution >= 0.6 is 11.6 Å². The normalized spacial score (nSPS) is 16.9. The molecule has 14 nitrogen and oxygen atoms in total. The smallest absolute Gasteiger partial charge is 0.416 e. The minimum atomic E-state index is -4.43. The summed E-state index contributed by atoms with van der Waals surface area (Å²) in [5.41, 5.74) is 2.57. The number of carbonyl (C=O) groups excluding carboxylic acids is 2. The average molecular weight is 729 g/mol. The Balaban J connectivity index is 0.000000246. The van der Waals surface area contributed by atoms with E-state index in [1.807, 2.05) is 6.08 Å². The van der Waals surface area contributed by atoms with Crippen molar-refractivity contribution in [3.8, 4) is 11.5 Å². The number of carbonyl (C=O) groups is 2. The van der Waals surface area contributed by atoms with Gasteiger partial charge in [0, 0.05) is 50.9 Å². The van der Waals surface area contributed by atoms with Gasteiger partial charge in [0.15, 0.2) is 23.0 Å². The summed E-state index contributed by atoms with van der Waals surface area (Å²) in [6.07, 6.45) is 2.63. The van der Waals surface area contributed by atoms with Crippen molar-refractivity contribution in [1.29, 1.82) is 0 Å². The maximum absolute atomic E-state index is 13.7. The first-order valence-electron chi connectivity index (χ1n) is 16.3. The third kappa shape index (κ3) is 6.58. The summed E-state index contributed by atoms with van der Waals surface area (Å²) in [5.74, 6) is 1.000. The molecule has 18 heteroatoms. The van der Waals surface area contributed by atoms with Gasteiger partial charge in [-0.15, -0.1) is 5.10 Å². The number of amides is 2. The van der Waals surface area contributed by atoms with E-state index >= 15 is 0 Å². The molecule has 51 heavy (non-hydrogen) atoms. The van der Waals surface area contributed by atoms with E-state index in [0.29, 0.717) is 81.9 Å². The number of rotatable bonds is 5. The van der Waals surface area contributed by atoms with Crippen molar-refractivity contribution in [2.24, 2.45) is 0 Å². The summed E-state index contributed by atoms with van der Waals surface area (Å²) in [4.78, 5) is 49.6. The molecule has 8 rings (SSSR count). The highest BCUT2D eigenvalue weighted by Crippen LogP contribution is 2.37. The van der Waals surface area contributed by atoms with E-state index < -0.39 is 11.7 Å². The Kier molecular flexibility index (Phi) is 9.32. The van der Waals surface area contributed by atoms with Crippen molar-refractivity contribution >= 4 is 46.6 Å². The first kappa shape index (κ1) is 34.3. The van der Waals surface area contributed by atoms with Crippen LogP contribution in [0.25, 0.3) is 11.4 Å². The number of piperazine rings is 1. The molecule has 4 aromatic rings. The van der Waals surface area contributed by atoms with Crippen LogP contribution in [0.4, 0.5) is 24.5 Å². The molecule has 0 aliphatic carbocycles. The summed E-state index contributed by atoms with van der Waals surface area (Å²) in [5, 5.41) is 17.2. The number of nitrogens with one attached hydrogen (secondary N) is 1. The Labute approximate surface area is 293 Å². The van der Waals surface area contributed by atoms with Crippen LogP contribution in [0.1, 0.15) is 46.0 Å². The maximum Gasteiger partial charge on any atom is 0.416 e. The molecule has 7 heterocycles. The van der Waals surface area contributed by atoms with Crippen LogP contribution in [0.3, 0.4) is 0 Å². The van der Waals surface area contributed by atoms with Crippen LogP contribution in [0.15, 0.2) is 35.3 Å². The molecule has 4 aliphatic rings. The lowest BCUT2D eigenvalue weighted by Crippen LogP contribution is -2.50. The number of halogens is 4. The molecule has 0 bridgehead atoms. The lowest BCUT2D eigenvalue weighted by Gasteiger charge is -2.36. The van der Waals surface area contributed by atoms with Gasteiger partial charge in [0.2, 0.25) is 12.2 Å². The molecule has 1 saturated heterocycles. The second-order valence-corrected chi connectivity index (χ2v) is 12.6. The van der Waals surface area contributed by atoms with E-state index in [9.17, 15) is 32.7 Å². The van der Waals surface area contributed by atoms with Gasteiger partial charge >= 0.3 is 6.18 Å². The minimum absolute atomic E-state index is 0.00837. The molecule has 0 unspecified atom stereocenters. The Morgan fingerprint density at radius 3 is 2.59 bits per heavy atom. The Hall–Kier alpha value is -5.16. The largest absolute Gasteiger partial charge is 0.503 e. The zero-order chi connectivity index (χ0) is 35.9. The lowest BCUT2D eigenvalue weighted by atomic mass is 10.1. The molecular weight excluding hydrogens is 697 g/mol. The van der Waals surface area contributed by atoms with Crippen molar-refractivity contribution in [3.63, 3.8) is 0 Å². The zero-order valence-electron chi connectivity index (χ0n) is 27.1. The fourth-order valence-electron chi connectivity index (χ4n) is 6.60. The fraction of sp³-hybridized carbons (Fsp3) is 0.394. The fourth-order valence-corrected chi connectivity index (χ4v) is 6.83. The van der Waals surface area contributed by atoms with Crippen LogP contribution in [-0.2, 0) is 35.1 Å². The van der Waals surface area contributed by atoms with Crippen molar-refractivity contribution < 1.29 is 37.3 Å². The Morgan fingerprint density at radius 2 is 1.88 bits per heavy atom. The van der Waals surface area contributed by atoms with Gasteiger partial charge in [0.25, 0.3) is 11.5 Å². The molecule has 0 spiro atoms. The zero-order valence-corrected chi connectivity index (χ0v) is 27.8. The van der Waals surface area contributed by atoms with Crippen LogP contribution < -0.4 is 20.5 Å². The van der Waals surface area contributed by atoms with Crippen molar-refractivity contribution in [2.45, 2.75) is 38.4 Å². The second-order valence-electron chi connectivity index (χ2n) is 12.2. The van der Waals surface area contributed by atoms with Gasteiger partial charge in [0.05, 0.1) is 41.8 Å². The van der Waals surface area contributed by atoms with Gasteiger partial charge in [0.1, 0.15) is 5.69 Å². The van der Waals surface area contributed by atoms with Crippen LogP contribution in [0, 0.1) is 0 Å². The molecule has 1 aromatic carbocycles. The highest BCUT2D eigenvalue weighted by Gasteiger charge is 2.33. The molecule has 0 radical (unpaired) electrons. The highest BCUT2D eigenvalue weighted by molar-refractivity contribution is 6.33. The van der Waals surface area contributed by atoms with Gasteiger partial charge in [-0.2, -0.15) is 22.7 Å². The van der Waals surface area contributed by atoms with Gasteiger partial charge in [-0.25, -0.2) is 4.98 Å². The van der Waals surface area contributed by atoms with E-state index in [0.717, 1.165) is 60.8 Å². The van der Waals surface area contributed by atoms with Gasteiger partial charge in [-0.05, 0) is 43.0 Å². The third-order valence-corrected chi connectivity index (χ3v) is 9.48. The molecule has 0 saturated carbocycles. The standard InChI is InChI=1S/C25H27N7O5.C8H5ClF3NO/c33-20-18(26-14-16-5-13-37-21(16)20)23(34)30-9-7-29(8-10-30)19-17-2-1-6-31(17)25-27-22(28-32(25)24(19)35)15-3-11-36-12-4-15;9-6-3-5(8(10,11)12)1-2-7(6)13-4-14/h3,14,33H,1-2,4-13H2;1-4H,(H,13,14). The van der Waals surface area contributed by atoms with E-state index in [-0.39, 0.29) is 33.6 Å². The van der Waals surface area contributed by atoms with Crippen molar-refractivity contribution in [2.75, 3.05) is 56.2 Å². The predicted molar refractivity (Wildman–Crippen MR) is 178 cm³/mol. The average Bonchev–Trinajstić information content (AvgIpc) is 3.90. The lowest BCUT2D eigenvalue weighted by molar-refractivity contribution is -0.137. The first-order valence-corrected chi connectivity index (χ1v) is 16.7.